The van der Waals surface area contributed by atoms with Crippen molar-refractivity contribution in [3.8, 4) is 0 Å². The minimum Gasteiger partial charge on any atom is -0.331 e. The van der Waals surface area contributed by atoms with Crippen LogP contribution in [0.15, 0.2) is 24.3 Å². The van der Waals surface area contributed by atoms with Crippen LogP contribution in [0, 0.1) is 0 Å². The number of halogens is 1. The van der Waals surface area contributed by atoms with Crippen molar-refractivity contribution in [1.82, 2.24) is 9.80 Å². The maximum Gasteiger partial charge on any atom is 0.245 e. The van der Waals surface area contributed by atoms with Crippen LogP contribution >= 0.6 is 11.6 Å². The molecule has 5 heteroatoms. The van der Waals surface area contributed by atoms with E-state index < -0.39 is 0 Å². The van der Waals surface area contributed by atoms with Gasteiger partial charge in [0.15, 0.2) is 0 Å². The Labute approximate surface area is 129 Å². The van der Waals surface area contributed by atoms with Gasteiger partial charge in [0.1, 0.15) is 6.04 Å². The van der Waals surface area contributed by atoms with Crippen molar-refractivity contribution in [1.29, 1.82) is 0 Å². The summed E-state index contributed by atoms with van der Waals surface area (Å²) in [4.78, 5) is 28.1. The maximum absolute atomic E-state index is 12.5. The van der Waals surface area contributed by atoms with Gasteiger partial charge in [-0.2, -0.15) is 0 Å². The quantitative estimate of drug-likeness (QED) is 0.858. The summed E-state index contributed by atoms with van der Waals surface area (Å²) < 4.78 is 0. The van der Waals surface area contributed by atoms with Crippen LogP contribution in [0.1, 0.15) is 24.8 Å². The van der Waals surface area contributed by atoms with Crippen molar-refractivity contribution in [2.75, 3.05) is 19.6 Å². The standard InChI is InChI=1S/C16H19ClN2O2/c17-13-6-4-12(5-7-13)8-10-18-11-15(20)19-9-2-1-3-14(19)16(18)21/h4-7,14H,1-3,8-11H2. The molecule has 1 unspecified atom stereocenters. The van der Waals surface area contributed by atoms with E-state index in [2.05, 4.69) is 0 Å². The molecule has 2 amide bonds. The fourth-order valence-electron chi connectivity index (χ4n) is 3.13. The van der Waals surface area contributed by atoms with E-state index >= 15 is 0 Å². The highest BCUT2D eigenvalue weighted by atomic mass is 35.5. The van der Waals surface area contributed by atoms with E-state index in [1.165, 1.54) is 0 Å². The first kappa shape index (κ1) is 14.4. The van der Waals surface area contributed by atoms with Gasteiger partial charge in [0, 0.05) is 18.1 Å². The number of amides is 2. The van der Waals surface area contributed by atoms with Crippen LogP contribution in [0.3, 0.4) is 0 Å². The largest absolute Gasteiger partial charge is 0.331 e. The molecule has 112 valence electrons. The highest BCUT2D eigenvalue weighted by Gasteiger charge is 2.39. The van der Waals surface area contributed by atoms with Crippen LogP contribution in [-0.4, -0.2) is 47.3 Å². The fraction of sp³-hybridized carbons (Fsp3) is 0.500. The summed E-state index contributed by atoms with van der Waals surface area (Å²) in [5.41, 5.74) is 1.13. The third-order valence-corrected chi connectivity index (χ3v) is 4.58. The van der Waals surface area contributed by atoms with Crippen LogP contribution in [0.4, 0.5) is 0 Å². The molecule has 2 aliphatic rings. The number of rotatable bonds is 3. The number of hydrogen-bond donors (Lipinski definition) is 0. The van der Waals surface area contributed by atoms with Crippen molar-refractivity contribution in [2.45, 2.75) is 31.7 Å². The van der Waals surface area contributed by atoms with Gasteiger partial charge in [-0.15, -0.1) is 0 Å². The molecule has 4 nitrogen and oxygen atoms in total. The highest BCUT2D eigenvalue weighted by Crippen LogP contribution is 2.23. The molecule has 1 atom stereocenters. The Hall–Kier alpha value is -1.55. The van der Waals surface area contributed by atoms with Gasteiger partial charge in [0.05, 0.1) is 6.54 Å². The van der Waals surface area contributed by atoms with E-state index in [0.29, 0.717) is 11.6 Å². The summed E-state index contributed by atoms with van der Waals surface area (Å²) in [5.74, 6) is 0.207. The molecular formula is C16H19ClN2O2. The van der Waals surface area contributed by atoms with Crippen molar-refractivity contribution in [3.63, 3.8) is 0 Å². The third kappa shape index (κ3) is 3.05. The Balaban J connectivity index is 1.64. The molecule has 0 aromatic heterocycles. The molecule has 2 saturated heterocycles. The molecule has 2 fully saturated rings. The van der Waals surface area contributed by atoms with Gasteiger partial charge >= 0.3 is 0 Å². The zero-order chi connectivity index (χ0) is 14.8. The lowest BCUT2D eigenvalue weighted by Gasteiger charge is -2.42. The van der Waals surface area contributed by atoms with Crippen LogP contribution in [0.25, 0.3) is 0 Å². The second-order valence-corrected chi connectivity index (χ2v) is 6.17. The molecular weight excluding hydrogens is 288 g/mol. The van der Waals surface area contributed by atoms with Gasteiger partial charge < -0.3 is 9.80 Å². The van der Waals surface area contributed by atoms with Gasteiger partial charge in [-0.1, -0.05) is 23.7 Å². The molecule has 0 aliphatic carbocycles. The number of benzene rings is 1. The Morgan fingerprint density at radius 3 is 2.67 bits per heavy atom. The monoisotopic (exact) mass is 306 g/mol. The van der Waals surface area contributed by atoms with Crippen LogP contribution < -0.4 is 0 Å². The molecule has 0 saturated carbocycles. The maximum atomic E-state index is 12.5. The normalized spacial score (nSPS) is 22.4. The lowest BCUT2D eigenvalue weighted by atomic mass is 9.98. The minimum absolute atomic E-state index is 0.0930. The summed E-state index contributed by atoms with van der Waals surface area (Å²) in [6.07, 6.45) is 3.61. The molecule has 21 heavy (non-hydrogen) atoms. The van der Waals surface area contributed by atoms with E-state index in [4.69, 9.17) is 11.6 Å². The second-order valence-electron chi connectivity index (χ2n) is 5.73. The number of piperidine rings is 1. The zero-order valence-electron chi connectivity index (χ0n) is 11.9. The number of carbonyl (C=O) groups is 2. The van der Waals surface area contributed by atoms with Crippen molar-refractivity contribution in [2.24, 2.45) is 0 Å². The molecule has 0 radical (unpaired) electrons. The SMILES string of the molecule is O=C1C2CCCCN2C(=O)CN1CCc1ccc(Cl)cc1. The highest BCUT2D eigenvalue weighted by molar-refractivity contribution is 6.30. The minimum atomic E-state index is -0.217. The Bertz CT molecular complexity index is 544. The average Bonchev–Trinajstić information content (AvgIpc) is 2.51. The van der Waals surface area contributed by atoms with Gasteiger partial charge in [0.25, 0.3) is 0 Å². The van der Waals surface area contributed by atoms with Gasteiger partial charge in [-0.05, 0) is 43.4 Å². The third-order valence-electron chi connectivity index (χ3n) is 4.33. The number of piperazine rings is 1. The van der Waals surface area contributed by atoms with E-state index in [9.17, 15) is 9.59 Å². The van der Waals surface area contributed by atoms with E-state index in [-0.39, 0.29) is 24.4 Å². The summed E-state index contributed by atoms with van der Waals surface area (Å²) in [6.45, 7) is 1.56. The smallest absolute Gasteiger partial charge is 0.245 e. The number of carbonyl (C=O) groups excluding carboxylic acids is 2. The van der Waals surface area contributed by atoms with E-state index in [1.54, 1.807) is 9.80 Å². The predicted octanol–water partition coefficient (Wildman–Crippen LogP) is 2.11. The lowest BCUT2D eigenvalue weighted by molar-refractivity contribution is -0.157. The van der Waals surface area contributed by atoms with Crippen LogP contribution in [0.2, 0.25) is 5.02 Å². The molecule has 2 aliphatic heterocycles. The predicted molar refractivity (Wildman–Crippen MR) is 81.1 cm³/mol. The molecule has 1 aromatic rings. The lowest BCUT2D eigenvalue weighted by Crippen LogP contribution is -2.61. The Morgan fingerprint density at radius 2 is 1.90 bits per heavy atom. The molecule has 0 spiro atoms. The first-order valence-corrected chi connectivity index (χ1v) is 7.85. The zero-order valence-corrected chi connectivity index (χ0v) is 12.7. The Kier molecular flexibility index (Phi) is 4.15. The van der Waals surface area contributed by atoms with Crippen molar-refractivity contribution < 1.29 is 9.59 Å². The first-order valence-electron chi connectivity index (χ1n) is 7.48. The summed E-state index contributed by atoms with van der Waals surface area (Å²) in [5, 5.41) is 0.709. The molecule has 2 heterocycles. The number of fused-ring (bicyclic) bond motifs is 1. The summed E-state index contributed by atoms with van der Waals surface area (Å²) in [7, 11) is 0. The number of nitrogens with zero attached hydrogens (tertiary/aromatic N) is 2. The van der Waals surface area contributed by atoms with Gasteiger partial charge in [-0.3, -0.25) is 9.59 Å². The average molecular weight is 307 g/mol. The van der Waals surface area contributed by atoms with Crippen LogP contribution in [0.5, 0.6) is 0 Å². The molecule has 0 bridgehead atoms. The topological polar surface area (TPSA) is 40.6 Å². The fourth-order valence-corrected chi connectivity index (χ4v) is 3.26. The van der Waals surface area contributed by atoms with Crippen molar-refractivity contribution >= 4 is 23.4 Å². The van der Waals surface area contributed by atoms with Gasteiger partial charge in [0.2, 0.25) is 11.8 Å². The van der Waals surface area contributed by atoms with Gasteiger partial charge in [-0.25, -0.2) is 0 Å². The second kappa shape index (κ2) is 6.06. The van der Waals surface area contributed by atoms with E-state index in [0.717, 1.165) is 37.8 Å². The van der Waals surface area contributed by atoms with E-state index in [1.807, 2.05) is 24.3 Å². The molecule has 0 N–H and O–H groups in total. The first-order chi connectivity index (χ1) is 10.1. The molecule has 3 rings (SSSR count). The van der Waals surface area contributed by atoms with Crippen molar-refractivity contribution in [3.05, 3.63) is 34.9 Å². The molecule has 1 aromatic carbocycles. The summed E-state index contributed by atoms with van der Waals surface area (Å²) in [6, 6.07) is 7.41. The number of hydrogen-bond acceptors (Lipinski definition) is 2. The Morgan fingerprint density at radius 1 is 1.14 bits per heavy atom. The van der Waals surface area contributed by atoms with Crippen LogP contribution in [-0.2, 0) is 16.0 Å². The summed E-state index contributed by atoms with van der Waals surface area (Å²) >= 11 is 5.86.